The lowest BCUT2D eigenvalue weighted by Gasteiger charge is -2.29. The molecule has 8 heteroatoms. The Morgan fingerprint density at radius 1 is 1.30 bits per heavy atom. The van der Waals surface area contributed by atoms with Gasteiger partial charge in [-0.15, -0.1) is 5.10 Å². The summed E-state index contributed by atoms with van der Waals surface area (Å²) >= 11 is 1.39. The normalized spacial score (nSPS) is 15.8. The summed E-state index contributed by atoms with van der Waals surface area (Å²) in [7, 11) is 2.16. The fraction of sp³-hybridized carbons (Fsp3) is 0.467. The molecule has 1 saturated heterocycles. The molecule has 1 amide bonds. The molecule has 23 heavy (non-hydrogen) atoms. The Kier molecular flexibility index (Phi) is 4.92. The summed E-state index contributed by atoms with van der Waals surface area (Å²) in [6.45, 7) is 5.69. The lowest BCUT2D eigenvalue weighted by molar-refractivity contribution is -0.883. The Hall–Kier alpha value is -1.93. The van der Waals surface area contributed by atoms with E-state index >= 15 is 0 Å². The molecule has 0 radical (unpaired) electrons. The molecule has 1 N–H and O–H groups in total. The van der Waals surface area contributed by atoms with Crippen LogP contribution in [0.25, 0.3) is 5.69 Å². The number of hydrogen-bond acceptors (Lipinski definition) is 5. The van der Waals surface area contributed by atoms with Crippen LogP contribution in [-0.4, -0.2) is 70.0 Å². The van der Waals surface area contributed by atoms with E-state index in [0.29, 0.717) is 10.9 Å². The maximum atomic E-state index is 12.3. The molecular weight excluding hydrogens is 312 g/mol. The number of benzene rings is 1. The van der Waals surface area contributed by atoms with Gasteiger partial charge in [0.05, 0.1) is 44.7 Å². The van der Waals surface area contributed by atoms with Crippen LogP contribution in [0, 0.1) is 6.92 Å². The fourth-order valence-corrected chi connectivity index (χ4v) is 3.36. The highest BCUT2D eigenvalue weighted by molar-refractivity contribution is 7.99. The molecule has 0 unspecified atom stereocenters. The molecule has 0 atom stereocenters. The number of aryl methyl sites for hydroxylation is 1. The van der Waals surface area contributed by atoms with Crippen LogP contribution >= 0.6 is 11.8 Å². The highest BCUT2D eigenvalue weighted by Gasteiger charge is 2.22. The van der Waals surface area contributed by atoms with Crippen molar-refractivity contribution in [2.24, 2.45) is 0 Å². The molecular formula is C15H21N6OS+. The summed E-state index contributed by atoms with van der Waals surface area (Å²) in [6.07, 6.45) is 0. The quantitative estimate of drug-likeness (QED) is 0.758. The van der Waals surface area contributed by atoms with E-state index in [-0.39, 0.29) is 5.91 Å². The number of thioether (sulfide) groups is 1. The molecule has 1 aromatic carbocycles. The second kappa shape index (κ2) is 7.10. The summed E-state index contributed by atoms with van der Waals surface area (Å²) in [6, 6.07) is 7.93. The molecule has 2 heterocycles. The second-order valence-corrected chi connectivity index (χ2v) is 6.73. The van der Waals surface area contributed by atoms with Gasteiger partial charge in [-0.05, 0) is 29.0 Å². The van der Waals surface area contributed by atoms with Crippen LogP contribution in [0.5, 0.6) is 0 Å². The van der Waals surface area contributed by atoms with Gasteiger partial charge < -0.3 is 9.80 Å². The van der Waals surface area contributed by atoms with Crippen molar-refractivity contribution in [3.8, 4) is 5.69 Å². The standard InChI is InChI=1S/C15H20N6OS/c1-12-5-3-4-6-13(12)21-15(16-17-18-21)23-11-14(22)20-9-7-19(2)8-10-20/h3-6H,7-11H2,1-2H3/p+1. The predicted molar refractivity (Wildman–Crippen MR) is 87.8 cm³/mol. The van der Waals surface area contributed by atoms with E-state index in [9.17, 15) is 4.79 Å². The number of quaternary nitrogens is 1. The first-order chi connectivity index (χ1) is 11.1. The van der Waals surface area contributed by atoms with Gasteiger partial charge in [0, 0.05) is 0 Å². The average Bonchev–Trinajstić information content (AvgIpc) is 3.02. The number of tetrazole rings is 1. The van der Waals surface area contributed by atoms with Crippen LogP contribution in [0.1, 0.15) is 5.56 Å². The Balaban J connectivity index is 1.65. The Bertz CT molecular complexity index is 680. The molecule has 0 bridgehead atoms. The molecule has 0 saturated carbocycles. The van der Waals surface area contributed by atoms with Gasteiger partial charge >= 0.3 is 0 Å². The largest absolute Gasteiger partial charge is 0.334 e. The number of carbonyl (C=O) groups is 1. The average molecular weight is 333 g/mol. The van der Waals surface area contributed by atoms with Gasteiger partial charge in [-0.1, -0.05) is 30.0 Å². The van der Waals surface area contributed by atoms with Crippen molar-refractivity contribution in [1.29, 1.82) is 0 Å². The molecule has 2 aromatic rings. The molecule has 1 fully saturated rings. The van der Waals surface area contributed by atoms with Gasteiger partial charge in [-0.25, -0.2) is 0 Å². The summed E-state index contributed by atoms with van der Waals surface area (Å²) in [5, 5.41) is 12.5. The van der Waals surface area contributed by atoms with Gasteiger partial charge in [0.15, 0.2) is 0 Å². The number of nitrogens with zero attached hydrogens (tertiary/aromatic N) is 5. The van der Waals surface area contributed by atoms with E-state index in [0.717, 1.165) is 37.4 Å². The van der Waals surface area contributed by atoms with E-state index in [1.165, 1.54) is 16.7 Å². The van der Waals surface area contributed by atoms with E-state index in [4.69, 9.17) is 0 Å². The van der Waals surface area contributed by atoms with Crippen LogP contribution in [0.3, 0.4) is 0 Å². The molecule has 7 nitrogen and oxygen atoms in total. The molecule has 0 spiro atoms. The van der Waals surface area contributed by atoms with E-state index in [2.05, 4.69) is 22.6 Å². The maximum Gasteiger partial charge on any atom is 0.233 e. The molecule has 1 aliphatic heterocycles. The van der Waals surface area contributed by atoms with Gasteiger partial charge in [0.2, 0.25) is 11.1 Å². The van der Waals surface area contributed by atoms with Crippen LogP contribution in [0.15, 0.2) is 29.4 Å². The third-order valence-corrected chi connectivity index (χ3v) is 4.98. The van der Waals surface area contributed by atoms with Crippen molar-refractivity contribution in [1.82, 2.24) is 25.1 Å². The first-order valence-corrected chi connectivity index (χ1v) is 8.70. The van der Waals surface area contributed by atoms with Crippen molar-refractivity contribution in [3.63, 3.8) is 0 Å². The Morgan fingerprint density at radius 3 is 2.78 bits per heavy atom. The van der Waals surface area contributed by atoms with Crippen molar-refractivity contribution in [3.05, 3.63) is 29.8 Å². The highest BCUT2D eigenvalue weighted by atomic mass is 32.2. The van der Waals surface area contributed by atoms with Crippen LogP contribution in [0.2, 0.25) is 0 Å². The number of aromatic nitrogens is 4. The lowest BCUT2D eigenvalue weighted by atomic mass is 10.2. The van der Waals surface area contributed by atoms with E-state index < -0.39 is 0 Å². The number of rotatable bonds is 4. The van der Waals surface area contributed by atoms with Crippen molar-refractivity contribution in [2.45, 2.75) is 12.1 Å². The molecule has 1 aliphatic rings. The monoisotopic (exact) mass is 333 g/mol. The number of nitrogens with one attached hydrogen (secondary N) is 1. The van der Waals surface area contributed by atoms with Gasteiger partial charge in [0.1, 0.15) is 0 Å². The van der Waals surface area contributed by atoms with Gasteiger partial charge in [0.25, 0.3) is 0 Å². The number of para-hydroxylation sites is 1. The summed E-state index contributed by atoms with van der Waals surface area (Å²) in [5.74, 6) is 0.521. The topological polar surface area (TPSA) is 68.4 Å². The van der Waals surface area contributed by atoms with Crippen LogP contribution < -0.4 is 4.90 Å². The summed E-state index contributed by atoms with van der Waals surface area (Å²) in [4.78, 5) is 15.7. The highest BCUT2D eigenvalue weighted by Crippen LogP contribution is 2.20. The third kappa shape index (κ3) is 3.70. The first-order valence-electron chi connectivity index (χ1n) is 7.71. The molecule has 1 aromatic heterocycles. The van der Waals surface area contributed by atoms with Crippen LogP contribution in [-0.2, 0) is 4.79 Å². The number of likely N-dealkylation sites (N-methyl/N-ethyl adjacent to an activating group) is 1. The summed E-state index contributed by atoms with van der Waals surface area (Å²) < 4.78 is 1.70. The van der Waals surface area contributed by atoms with E-state index in [1.807, 2.05) is 36.1 Å². The fourth-order valence-electron chi connectivity index (χ4n) is 2.58. The first kappa shape index (κ1) is 15.9. The third-order valence-electron chi connectivity index (χ3n) is 4.08. The van der Waals surface area contributed by atoms with Gasteiger partial charge in [-0.2, -0.15) is 4.68 Å². The Morgan fingerprint density at radius 2 is 2.04 bits per heavy atom. The van der Waals surface area contributed by atoms with Gasteiger partial charge in [-0.3, -0.25) is 4.79 Å². The van der Waals surface area contributed by atoms with Crippen molar-refractivity contribution < 1.29 is 9.69 Å². The maximum absolute atomic E-state index is 12.3. The van der Waals surface area contributed by atoms with E-state index in [1.54, 1.807) is 4.68 Å². The molecule has 122 valence electrons. The predicted octanol–water partition coefficient (Wildman–Crippen LogP) is -0.580. The van der Waals surface area contributed by atoms with Crippen LogP contribution in [0.4, 0.5) is 0 Å². The molecule has 0 aliphatic carbocycles. The second-order valence-electron chi connectivity index (χ2n) is 5.79. The number of carbonyl (C=O) groups excluding carboxylic acids is 1. The Labute approximate surface area is 139 Å². The zero-order chi connectivity index (χ0) is 16.2. The minimum Gasteiger partial charge on any atom is -0.334 e. The minimum absolute atomic E-state index is 0.154. The SMILES string of the molecule is Cc1ccccc1-n1nnnc1SCC(=O)N1CC[NH+](C)CC1. The number of amides is 1. The smallest absolute Gasteiger partial charge is 0.233 e. The zero-order valence-electron chi connectivity index (χ0n) is 13.4. The molecule has 3 rings (SSSR count). The number of hydrogen-bond donors (Lipinski definition) is 1. The van der Waals surface area contributed by atoms with Crippen molar-refractivity contribution in [2.75, 3.05) is 39.0 Å². The zero-order valence-corrected chi connectivity index (χ0v) is 14.2. The minimum atomic E-state index is 0.154. The summed E-state index contributed by atoms with van der Waals surface area (Å²) in [5.41, 5.74) is 2.03. The lowest BCUT2D eigenvalue weighted by Crippen LogP contribution is -3.12. The number of piperazine rings is 1. The van der Waals surface area contributed by atoms with Crippen molar-refractivity contribution >= 4 is 17.7 Å².